The number of quaternary nitrogens is 1. The summed E-state index contributed by atoms with van der Waals surface area (Å²) in [5, 5.41) is 9.16. The Bertz CT molecular complexity index is 919. The average Bonchev–Trinajstić information content (AvgIpc) is 2.79. The van der Waals surface area contributed by atoms with Gasteiger partial charge in [-0.05, 0) is 42.3 Å². The molecule has 3 rings (SSSR count). The Hall–Kier alpha value is -3.36. The van der Waals surface area contributed by atoms with Crippen molar-refractivity contribution >= 4 is 23.8 Å². The summed E-state index contributed by atoms with van der Waals surface area (Å²) in [7, 11) is 0. The molecule has 0 saturated carbocycles. The molecule has 0 aromatic heterocycles. The van der Waals surface area contributed by atoms with Gasteiger partial charge in [-0.2, -0.15) is 5.26 Å². The normalized spacial score (nSPS) is 15.2. The standard InChI is InChI=1S/C25H27N3O2/c1-2-30-25(29)23(20-26)19-22-10-12-24(13-11-22)28-17-15-27(16-18-28)14-6-9-21-7-4-3-5-8-21/h3-13,19H,2,14-18H2,1H3/p+1/b9-6+,23-19+. The third-order valence-corrected chi connectivity index (χ3v) is 5.17. The van der Waals surface area contributed by atoms with Crippen LogP contribution in [0.15, 0.2) is 66.2 Å². The second-order valence-electron chi connectivity index (χ2n) is 7.24. The summed E-state index contributed by atoms with van der Waals surface area (Å²) in [5.74, 6) is -0.579. The van der Waals surface area contributed by atoms with Crippen LogP contribution in [0.2, 0.25) is 0 Å². The van der Waals surface area contributed by atoms with Crippen molar-refractivity contribution in [3.63, 3.8) is 0 Å². The monoisotopic (exact) mass is 402 g/mol. The lowest BCUT2D eigenvalue weighted by molar-refractivity contribution is -0.894. The van der Waals surface area contributed by atoms with E-state index in [9.17, 15) is 4.79 Å². The molecule has 30 heavy (non-hydrogen) atoms. The molecule has 1 N–H and O–H groups in total. The lowest BCUT2D eigenvalue weighted by Gasteiger charge is -2.33. The minimum absolute atomic E-state index is 0.0189. The molecule has 1 aliphatic rings. The highest BCUT2D eigenvalue weighted by Crippen LogP contribution is 2.17. The first-order chi connectivity index (χ1) is 14.7. The summed E-state index contributed by atoms with van der Waals surface area (Å²) in [6, 6.07) is 20.3. The van der Waals surface area contributed by atoms with Crippen LogP contribution in [-0.2, 0) is 9.53 Å². The van der Waals surface area contributed by atoms with Gasteiger partial charge >= 0.3 is 5.97 Å². The predicted molar refractivity (Wildman–Crippen MR) is 120 cm³/mol. The van der Waals surface area contributed by atoms with E-state index in [-0.39, 0.29) is 12.2 Å². The van der Waals surface area contributed by atoms with Crippen LogP contribution in [0.4, 0.5) is 5.69 Å². The molecule has 0 amide bonds. The Morgan fingerprint density at radius 1 is 1.10 bits per heavy atom. The summed E-state index contributed by atoms with van der Waals surface area (Å²) in [4.78, 5) is 15.7. The number of carbonyl (C=O) groups is 1. The van der Waals surface area contributed by atoms with Crippen molar-refractivity contribution < 1.29 is 14.4 Å². The molecular weight excluding hydrogens is 374 g/mol. The zero-order valence-corrected chi connectivity index (χ0v) is 17.4. The third kappa shape index (κ3) is 6.07. The predicted octanol–water partition coefficient (Wildman–Crippen LogP) is 2.57. The molecule has 1 heterocycles. The molecule has 0 spiro atoms. The van der Waals surface area contributed by atoms with Crippen LogP contribution < -0.4 is 9.80 Å². The first-order valence-electron chi connectivity index (χ1n) is 10.4. The van der Waals surface area contributed by atoms with Crippen molar-refractivity contribution in [3.05, 3.63) is 77.4 Å². The van der Waals surface area contributed by atoms with Gasteiger partial charge < -0.3 is 14.5 Å². The van der Waals surface area contributed by atoms with E-state index in [1.807, 2.05) is 36.4 Å². The van der Waals surface area contributed by atoms with Crippen LogP contribution in [0.1, 0.15) is 18.1 Å². The second kappa shape index (κ2) is 11.0. The largest absolute Gasteiger partial charge is 0.462 e. The fraction of sp³-hybridized carbons (Fsp3) is 0.280. The first kappa shape index (κ1) is 21.4. The average molecular weight is 403 g/mol. The van der Waals surface area contributed by atoms with Crippen LogP contribution in [-0.4, -0.2) is 45.3 Å². The number of piperazine rings is 1. The van der Waals surface area contributed by atoms with Crippen molar-refractivity contribution in [1.29, 1.82) is 5.26 Å². The van der Waals surface area contributed by atoms with Gasteiger partial charge in [0.05, 0.1) is 39.3 Å². The summed E-state index contributed by atoms with van der Waals surface area (Å²) in [5.41, 5.74) is 3.25. The van der Waals surface area contributed by atoms with E-state index >= 15 is 0 Å². The Labute approximate surface area is 178 Å². The second-order valence-corrected chi connectivity index (χ2v) is 7.24. The lowest BCUT2D eigenvalue weighted by atomic mass is 10.1. The fourth-order valence-electron chi connectivity index (χ4n) is 3.50. The van der Waals surface area contributed by atoms with Crippen LogP contribution in [0, 0.1) is 11.3 Å². The van der Waals surface area contributed by atoms with Crippen molar-refractivity contribution in [3.8, 4) is 6.07 Å². The van der Waals surface area contributed by atoms with Crippen molar-refractivity contribution in [2.24, 2.45) is 0 Å². The van der Waals surface area contributed by atoms with E-state index < -0.39 is 5.97 Å². The zero-order valence-electron chi connectivity index (χ0n) is 17.4. The molecule has 2 aromatic carbocycles. The summed E-state index contributed by atoms with van der Waals surface area (Å²) >= 11 is 0. The molecule has 0 bridgehead atoms. The maximum Gasteiger partial charge on any atom is 0.348 e. The van der Waals surface area contributed by atoms with Gasteiger partial charge in [0.15, 0.2) is 0 Å². The molecule has 2 aromatic rings. The summed E-state index contributed by atoms with van der Waals surface area (Å²) in [6.45, 7) is 7.24. The zero-order chi connectivity index (χ0) is 21.2. The molecular formula is C25H28N3O2+. The number of anilines is 1. The third-order valence-electron chi connectivity index (χ3n) is 5.17. The lowest BCUT2D eigenvalue weighted by Crippen LogP contribution is -3.14. The maximum absolute atomic E-state index is 11.8. The number of hydrogen-bond donors (Lipinski definition) is 1. The SMILES string of the molecule is CCOC(=O)/C(C#N)=C/c1ccc(N2CC[NH+](C/C=C/c3ccccc3)CC2)cc1. The summed E-state index contributed by atoms with van der Waals surface area (Å²) in [6.07, 6.45) is 6.03. The van der Waals surface area contributed by atoms with Gasteiger partial charge in [-0.25, -0.2) is 4.79 Å². The Balaban J connectivity index is 1.51. The minimum atomic E-state index is -0.579. The van der Waals surface area contributed by atoms with Crippen LogP contribution in [0.25, 0.3) is 12.2 Å². The van der Waals surface area contributed by atoms with Gasteiger partial charge in [0.2, 0.25) is 0 Å². The van der Waals surface area contributed by atoms with Gasteiger partial charge in [-0.1, -0.05) is 48.5 Å². The smallest absolute Gasteiger partial charge is 0.348 e. The molecule has 0 radical (unpaired) electrons. The molecule has 0 unspecified atom stereocenters. The Morgan fingerprint density at radius 3 is 2.43 bits per heavy atom. The number of carbonyl (C=O) groups excluding carboxylic acids is 1. The number of nitrogens with one attached hydrogen (secondary N) is 1. The Morgan fingerprint density at radius 2 is 1.80 bits per heavy atom. The van der Waals surface area contributed by atoms with Gasteiger partial charge in [0.1, 0.15) is 11.6 Å². The highest BCUT2D eigenvalue weighted by molar-refractivity contribution is 5.97. The van der Waals surface area contributed by atoms with Crippen LogP contribution in [0.5, 0.6) is 0 Å². The molecule has 5 heteroatoms. The quantitative estimate of drug-likeness (QED) is 0.439. The van der Waals surface area contributed by atoms with Gasteiger partial charge in [-0.15, -0.1) is 0 Å². The highest BCUT2D eigenvalue weighted by atomic mass is 16.5. The van der Waals surface area contributed by atoms with Crippen molar-refractivity contribution in [2.45, 2.75) is 6.92 Å². The minimum Gasteiger partial charge on any atom is -0.462 e. The molecule has 0 atom stereocenters. The molecule has 1 fully saturated rings. The van der Waals surface area contributed by atoms with E-state index in [2.05, 4.69) is 41.3 Å². The number of nitriles is 1. The number of rotatable bonds is 7. The van der Waals surface area contributed by atoms with Gasteiger partial charge in [0, 0.05) is 5.69 Å². The summed E-state index contributed by atoms with van der Waals surface area (Å²) < 4.78 is 4.90. The number of ether oxygens (including phenoxy) is 1. The fourth-order valence-corrected chi connectivity index (χ4v) is 3.50. The number of esters is 1. The number of benzene rings is 2. The molecule has 154 valence electrons. The maximum atomic E-state index is 11.8. The van der Waals surface area contributed by atoms with E-state index in [1.54, 1.807) is 17.9 Å². The van der Waals surface area contributed by atoms with Crippen molar-refractivity contribution in [2.75, 3.05) is 44.2 Å². The van der Waals surface area contributed by atoms with E-state index in [0.29, 0.717) is 0 Å². The number of hydrogen-bond acceptors (Lipinski definition) is 4. The Kier molecular flexibility index (Phi) is 7.82. The van der Waals surface area contributed by atoms with Crippen LogP contribution >= 0.6 is 0 Å². The molecule has 0 aliphatic carbocycles. The van der Waals surface area contributed by atoms with Gasteiger partial charge in [-0.3, -0.25) is 0 Å². The van der Waals surface area contributed by atoms with E-state index in [1.165, 1.54) is 11.3 Å². The van der Waals surface area contributed by atoms with E-state index in [4.69, 9.17) is 10.00 Å². The number of nitrogens with zero attached hydrogens (tertiary/aromatic N) is 2. The van der Waals surface area contributed by atoms with Crippen LogP contribution in [0.3, 0.4) is 0 Å². The molecule has 5 nitrogen and oxygen atoms in total. The van der Waals surface area contributed by atoms with Crippen molar-refractivity contribution in [1.82, 2.24) is 0 Å². The first-order valence-corrected chi connectivity index (χ1v) is 10.4. The molecule has 1 aliphatic heterocycles. The van der Waals surface area contributed by atoms with E-state index in [0.717, 1.165) is 38.3 Å². The van der Waals surface area contributed by atoms with Gasteiger partial charge in [0.25, 0.3) is 0 Å². The highest BCUT2D eigenvalue weighted by Gasteiger charge is 2.19. The molecule has 1 saturated heterocycles. The topological polar surface area (TPSA) is 57.8 Å².